The average Bonchev–Trinajstić information content (AvgIpc) is 2.87. The molecule has 1 atom stereocenters. The summed E-state index contributed by atoms with van der Waals surface area (Å²) >= 11 is 0. The molecular formula is C24H25N3O7S. The van der Waals surface area contributed by atoms with Gasteiger partial charge in [0.05, 0.1) is 35.8 Å². The predicted molar refractivity (Wildman–Crippen MR) is 130 cm³/mol. The number of amides is 1. The molecule has 1 amide bonds. The highest BCUT2D eigenvalue weighted by Gasteiger charge is 2.28. The summed E-state index contributed by atoms with van der Waals surface area (Å²) in [7, 11) is -1.19. The van der Waals surface area contributed by atoms with Crippen LogP contribution in [0, 0.1) is 10.1 Å². The third-order valence-corrected chi connectivity index (χ3v) is 7.02. The van der Waals surface area contributed by atoms with Gasteiger partial charge >= 0.3 is 0 Å². The van der Waals surface area contributed by atoms with Crippen LogP contribution in [0.5, 0.6) is 11.5 Å². The number of hydrogen-bond acceptors (Lipinski definition) is 7. The van der Waals surface area contributed by atoms with Crippen LogP contribution in [-0.4, -0.2) is 40.0 Å². The van der Waals surface area contributed by atoms with Gasteiger partial charge in [0.2, 0.25) is 5.91 Å². The van der Waals surface area contributed by atoms with E-state index in [9.17, 15) is 23.3 Å². The molecule has 0 saturated heterocycles. The molecule has 0 radical (unpaired) electrons. The number of anilines is 1. The van der Waals surface area contributed by atoms with Crippen LogP contribution < -0.4 is 19.1 Å². The lowest BCUT2D eigenvalue weighted by Gasteiger charge is -2.25. The number of sulfonamides is 1. The van der Waals surface area contributed by atoms with E-state index >= 15 is 0 Å². The van der Waals surface area contributed by atoms with E-state index in [1.54, 1.807) is 43.3 Å². The zero-order chi connectivity index (χ0) is 25.6. The van der Waals surface area contributed by atoms with Gasteiger partial charge in [0.25, 0.3) is 15.7 Å². The number of benzene rings is 3. The van der Waals surface area contributed by atoms with Crippen molar-refractivity contribution in [2.24, 2.45) is 0 Å². The average molecular weight is 500 g/mol. The Bertz CT molecular complexity index is 1310. The molecule has 0 unspecified atom stereocenters. The summed E-state index contributed by atoms with van der Waals surface area (Å²) < 4.78 is 38.2. The SMILES string of the molecule is COc1ccc([C@@H](C)NC(=O)CN(c2cccc([N+](=O)[O-])c2)S(=O)(=O)c2ccccc2)cc1OC. The number of methoxy groups -OCH3 is 2. The minimum atomic E-state index is -4.20. The Morgan fingerprint density at radius 3 is 2.31 bits per heavy atom. The Morgan fingerprint density at radius 1 is 1.00 bits per heavy atom. The maximum atomic E-state index is 13.4. The van der Waals surface area contributed by atoms with E-state index in [1.165, 1.54) is 44.6 Å². The highest BCUT2D eigenvalue weighted by molar-refractivity contribution is 7.92. The summed E-state index contributed by atoms with van der Waals surface area (Å²) in [6, 6.07) is 17.4. The van der Waals surface area contributed by atoms with Crippen molar-refractivity contribution in [2.75, 3.05) is 25.1 Å². The molecule has 3 aromatic carbocycles. The fourth-order valence-electron chi connectivity index (χ4n) is 3.42. The summed E-state index contributed by atoms with van der Waals surface area (Å²) in [6.07, 6.45) is 0. The lowest BCUT2D eigenvalue weighted by atomic mass is 10.1. The van der Waals surface area contributed by atoms with Crippen molar-refractivity contribution in [3.63, 3.8) is 0 Å². The summed E-state index contributed by atoms with van der Waals surface area (Å²) in [5, 5.41) is 14.0. The first kappa shape index (κ1) is 25.5. The van der Waals surface area contributed by atoms with Crippen LogP contribution >= 0.6 is 0 Å². The molecule has 0 bridgehead atoms. The van der Waals surface area contributed by atoms with Gasteiger partial charge in [0.15, 0.2) is 11.5 Å². The monoisotopic (exact) mass is 499 g/mol. The van der Waals surface area contributed by atoms with E-state index in [1.807, 2.05) is 0 Å². The minimum absolute atomic E-state index is 0.00280. The topological polar surface area (TPSA) is 128 Å². The van der Waals surface area contributed by atoms with Crippen LogP contribution in [0.15, 0.2) is 77.7 Å². The van der Waals surface area contributed by atoms with Crippen LogP contribution in [0.25, 0.3) is 0 Å². The number of ether oxygens (including phenoxy) is 2. The molecule has 0 aliphatic heterocycles. The van der Waals surface area contributed by atoms with Gasteiger partial charge in [-0.2, -0.15) is 0 Å². The molecular weight excluding hydrogens is 474 g/mol. The Labute approximate surface area is 203 Å². The third kappa shape index (κ3) is 5.87. The first-order valence-corrected chi connectivity index (χ1v) is 11.9. The molecule has 11 heteroatoms. The maximum absolute atomic E-state index is 13.4. The van der Waals surface area contributed by atoms with Gasteiger partial charge in [-0.15, -0.1) is 0 Å². The van der Waals surface area contributed by atoms with Crippen LogP contribution in [0.4, 0.5) is 11.4 Å². The molecule has 3 rings (SSSR count). The van der Waals surface area contributed by atoms with Gasteiger partial charge in [-0.3, -0.25) is 19.2 Å². The zero-order valence-electron chi connectivity index (χ0n) is 19.4. The summed E-state index contributed by atoms with van der Waals surface area (Å²) in [5.74, 6) is 0.412. The Balaban J connectivity index is 1.91. The van der Waals surface area contributed by atoms with Crippen molar-refractivity contribution in [1.82, 2.24) is 5.32 Å². The molecule has 0 heterocycles. The first-order chi connectivity index (χ1) is 16.7. The van der Waals surface area contributed by atoms with E-state index < -0.39 is 33.4 Å². The molecule has 0 spiro atoms. The second kappa shape index (κ2) is 10.9. The van der Waals surface area contributed by atoms with Gasteiger partial charge in [-0.1, -0.05) is 30.3 Å². The summed E-state index contributed by atoms with van der Waals surface area (Å²) in [6.45, 7) is 1.15. The van der Waals surface area contributed by atoms with Crippen LogP contribution in [0.3, 0.4) is 0 Å². The van der Waals surface area contributed by atoms with Crippen molar-refractivity contribution in [3.05, 3.63) is 88.5 Å². The number of carbonyl (C=O) groups is 1. The number of hydrogen-bond donors (Lipinski definition) is 1. The first-order valence-electron chi connectivity index (χ1n) is 10.5. The number of rotatable bonds is 10. The molecule has 1 N–H and O–H groups in total. The van der Waals surface area contributed by atoms with Gasteiger partial charge < -0.3 is 14.8 Å². The van der Waals surface area contributed by atoms with E-state index in [0.29, 0.717) is 17.1 Å². The molecule has 10 nitrogen and oxygen atoms in total. The van der Waals surface area contributed by atoms with E-state index in [2.05, 4.69) is 5.32 Å². The minimum Gasteiger partial charge on any atom is -0.493 e. The molecule has 0 saturated carbocycles. The molecule has 3 aromatic rings. The number of non-ortho nitro benzene ring substituents is 1. The maximum Gasteiger partial charge on any atom is 0.271 e. The Hall–Kier alpha value is -4.12. The Morgan fingerprint density at radius 2 is 1.69 bits per heavy atom. The quantitative estimate of drug-likeness (QED) is 0.333. The van der Waals surface area contributed by atoms with Gasteiger partial charge in [0, 0.05) is 12.1 Å². The van der Waals surface area contributed by atoms with Crippen molar-refractivity contribution >= 4 is 27.3 Å². The van der Waals surface area contributed by atoms with Crippen LogP contribution in [-0.2, 0) is 14.8 Å². The highest BCUT2D eigenvalue weighted by Crippen LogP contribution is 2.30. The fraction of sp³-hybridized carbons (Fsp3) is 0.208. The van der Waals surface area contributed by atoms with Gasteiger partial charge in [-0.05, 0) is 42.8 Å². The third-order valence-electron chi connectivity index (χ3n) is 5.23. The van der Waals surface area contributed by atoms with E-state index in [4.69, 9.17) is 9.47 Å². The highest BCUT2D eigenvalue weighted by atomic mass is 32.2. The number of nitro benzene ring substituents is 1. The predicted octanol–water partition coefficient (Wildman–Crippen LogP) is 3.68. The van der Waals surface area contributed by atoms with Crippen molar-refractivity contribution in [2.45, 2.75) is 17.9 Å². The summed E-state index contributed by atoms with van der Waals surface area (Å²) in [5.41, 5.74) is 0.413. The van der Waals surface area contributed by atoms with Crippen LogP contribution in [0.1, 0.15) is 18.5 Å². The normalized spacial score (nSPS) is 11.9. The largest absolute Gasteiger partial charge is 0.493 e. The number of nitro groups is 1. The second-order valence-corrected chi connectivity index (χ2v) is 9.37. The molecule has 0 aliphatic rings. The van der Waals surface area contributed by atoms with E-state index in [0.717, 1.165) is 10.4 Å². The van der Waals surface area contributed by atoms with Crippen LogP contribution in [0.2, 0.25) is 0 Å². The second-order valence-electron chi connectivity index (χ2n) is 7.51. The smallest absolute Gasteiger partial charge is 0.271 e. The van der Waals surface area contributed by atoms with E-state index in [-0.39, 0.29) is 16.3 Å². The number of nitrogens with zero attached hydrogens (tertiary/aromatic N) is 2. The molecule has 0 aromatic heterocycles. The van der Waals surface area contributed by atoms with Crippen molar-refractivity contribution in [3.8, 4) is 11.5 Å². The molecule has 35 heavy (non-hydrogen) atoms. The summed E-state index contributed by atoms with van der Waals surface area (Å²) in [4.78, 5) is 23.6. The fourth-order valence-corrected chi connectivity index (χ4v) is 4.85. The number of nitrogens with one attached hydrogen (secondary N) is 1. The van der Waals surface area contributed by atoms with Crippen molar-refractivity contribution in [1.29, 1.82) is 0 Å². The van der Waals surface area contributed by atoms with Gasteiger partial charge in [-0.25, -0.2) is 8.42 Å². The molecule has 184 valence electrons. The lowest BCUT2D eigenvalue weighted by Crippen LogP contribution is -2.41. The molecule has 0 aliphatic carbocycles. The Kier molecular flexibility index (Phi) is 7.92. The standard InChI is InChI=1S/C24H25N3O7S/c1-17(18-12-13-22(33-2)23(14-18)34-3)25-24(28)16-26(19-8-7-9-20(15-19)27(29)30)35(31,32)21-10-5-4-6-11-21/h4-15,17H,16H2,1-3H3,(H,25,28)/t17-/m1/s1. The number of carbonyl (C=O) groups excluding carboxylic acids is 1. The van der Waals surface area contributed by atoms with Crippen molar-refractivity contribution < 1.29 is 27.6 Å². The lowest BCUT2D eigenvalue weighted by molar-refractivity contribution is -0.384. The van der Waals surface area contributed by atoms with Gasteiger partial charge in [0.1, 0.15) is 6.54 Å². The zero-order valence-corrected chi connectivity index (χ0v) is 20.2. The molecule has 0 fully saturated rings.